The van der Waals surface area contributed by atoms with Crippen LogP contribution in [0.2, 0.25) is 0 Å². The summed E-state index contributed by atoms with van der Waals surface area (Å²) in [4.78, 5) is 38.3. The summed E-state index contributed by atoms with van der Waals surface area (Å²) in [5.74, 6) is 0. The van der Waals surface area contributed by atoms with Gasteiger partial charge in [0.1, 0.15) is 0 Å². The Labute approximate surface area is 138 Å². The molecule has 0 aromatic carbocycles. The van der Waals surface area contributed by atoms with E-state index in [2.05, 4.69) is 18.0 Å². The molecule has 0 aromatic rings. The van der Waals surface area contributed by atoms with Crippen LogP contribution >= 0.6 is 23.5 Å². The minimum absolute atomic E-state index is 0.282. The molecule has 0 bridgehead atoms. The first-order valence-electron chi connectivity index (χ1n) is 6.14. The van der Waals surface area contributed by atoms with Gasteiger partial charge in [0.05, 0.1) is 0 Å². The molecule has 0 aromatic heterocycles. The molecule has 0 aliphatic carbocycles. The Bertz CT molecular complexity index is 595. The van der Waals surface area contributed by atoms with Crippen LogP contribution in [0.15, 0.2) is 4.81 Å². The molecule has 5 atom stereocenters. The van der Waals surface area contributed by atoms with Gasteiger partial charge in [0.25, 0.3) is 0 Å². The normalized spacial score (nSPS) is 29.8. The molecule has 2 unspecified atom stereocenters. The average Bonchev–Trinajstić information content (AvgIpc) is 2.70. The molecule has 0 amide bonds. The zero-order valence-electron chi connectivity index (χ0n) is 12.1. The second kappa shape index (κ2) is 8.66. The van der Waals surface area contributed by atoms with Gasteiger partial charge in [0, 0.05) is 0 Å². The number of hydrogen-bond donors (Lipinski definition) is 4. The minimum atomic E-state index is -5.55. The van der Waals surface area contributed by atoms with E-state index >= 15 is 0 Å². The van der Waals surface area contributed by atoms with Gasteiger partial charge in [-0.2, -0.15) is 0 Å². The van der Waals surface area contributed by atoms with E-state index in [0.29, 0.717) is 6.42 Å². The van der Waals surface area contributed by atoms with Crippen LogP contribution in [0.1, 0.15) is 13.3 Å². The van der Waals surface area contributed by atoms with E-state index in [1.54, 1.807) is 6.92 Å². The quantitative estimate of drug-likeness (QED) is 0.291. The molecule has 1 heterocycles. The molecule has 0 saturated carbocycles. The summed E-state index contributed by atoms with van der Waals surface area (Å²) >= 11 is 0. The second-order valence-corrected chi connectivity index (χ2v) is 8.96. The van der Waals surface area contributed by atoms with Crippen LogP contribution in [-0.4, -0.2) is 59.7 Å². The number of nitrogens with zero attached hydrogens (tertiary/aromatic N) is 1. The van der Waals surface area contributed by atoms with E-state index < -0.39 is 42.3 Å². The fourth-order valence-electron chi connectivity index (χ4n) is 1.79. The number of phosphoric ester groups is 1. The Balaban J connectivity index is 2.62. The molecular weight excluding hydrogens is 393 g/mol. The topological polar surface area (TPSA) is 191 Å². The van der Waals surface area contributed by atoms with Crippen LogP contribution in [0.4, 0.5) is 0 Å². The first kappa shape index (κ1) is 22.1. The monoisotopic (exact) mass is 407 g/mol. The van der Waals surface area contributed by atoms with Gasteiger partial charge < -0.3 is 0 Å². The predicted molar refractivity (Wildman–Crippen MR) is 77.6 cm³/mol. The van der Waals surface area contributed by atoms with Gasteiger partial charge in [0.2, 0.25) is 0 Å². The van der Waals surface area contributed by atoms with Crippen molar-refractivity contribution in [1.82, 2.24) is 0 Å². The Morgan fingerprint density at radius 1 is 1.21 bits per heavy atom. The molecule has 1 saturated heterocycles. The molecule has 2 radical (unpaired) electrons. The Hall–Kier alpha value is 0.0999. The number of rotatable bonds is 9. The van der Waals surface area contributed by atoms with Crippen molar-refractivity contribution >= 4 is 38.7 Å². The Morgan fingerprint density at radius 2 is 1.83 bits per heavy atom. The Kier molecular flexibility index (Phi) is 7.99. The fourth-order valence-corrected chi connectivity index (χ4v) is 4.82. The number of hydrogen-bond acceptors (Lipinski definition) is 9. The van der Waals surface area contributed by atoms with Gasteiger partial charge in [-0.15, -0.1) is 0 Å². The van der Waals surface area contributed by atoms with Crippen LogP contribution in [0.25, 0.3) is 0 Å². The molecule has 13 nitrogen and oxygen atoms in total. The van der Waals surface area contributed by atoms with Crippen molar-refractivity contribution in [1.29, 1.82) is 0 Å². The van der Waals surface area contributed by atoms with E-state index in [4.69, 9.17) is 32.1 Å². The van der Waals surface area contributed by atoms with E-state index in [0.717, 1.165) is 7.27 Å². The van der Waals surface area contributed by atoms with E-state index in [9.17, 15) is 18.6 Å². The molecule has 1 aliphatic rings. The molecule has 24 heavy (non-hydrogen) atoms. The number of ether oxygens (including phenoxy) is 1. The van der Waals surface area contributed by atoms with Crippen molar-refractivity contribution in [2.75, 3.05) is 6.61 Å². The third kappa shape index (κ3) is 8.46. The van der Waals surface area contributed by atoms with Crippen molar-refractivity contribution < 1.29 is 55.8 Å². The van der Waals surface area contributed by atoms with E-state index in [-0.39, 0.29) is 6.10 Å². The zero-order valence-corrected chi connectivity index (χ0v) is 14.8. The van der Waals surface area contributed by atoms with Gasteiger partial charge in [-0.1, -0.05) is 0 Å². The molecule has 1 fully saturated rings. The summed E-state index contributed by atoms with van der Waals surface area (Å²) in [5.41, 5.74) is 0. The second-order valence-electron chi connectivity index (χ2n) is 4.54. The average molecular weight is 407 g/mol. The molecule has 4 N–H and O–H groups in total. The summed E-state index contributed by atoms with van der Waals surface area (Å²) in [5, 5.41) is 0. The first-order valence-corrected chi connectivity index (χ1v) is 10.7. The molecule has 1 rings (SSSR count). The van der Waals surface area contributed by atoms with Crippen molar-refractivity contribution in [3.63, 3.8) is 0 Å². The summed E-state index contributed by atoms with van der Waals surface area (Å²) in [6.07, 6.45) is -1.38. The maximum atomic E-state index is 11.6. The maximum absolute atomic E-state index is 11.6. The SMILES string of the molecule is [B]N=BO[C@@H]1C[C@H](C)O[C@@H]1COP(=O)(O)OP(=O)(O)OP(=O)(O)O. The van der Waals surface area contributed by atoms with E-state index in [1.807, 2.05) is 0 Å². The van der Waals surface area contributed by atoms with Crippen LogP contribution < -0.4 is 0 Å². The van der Waals surface area contributed by atoms with Crippen molar-refractivity contribution in [2.24, 2.45) is 4.81 Å². The molecule has 0 spiro atoms. The fraction of sp³-hybridized carbons (Fsp3) is 1.00. The van der Waals surface area contributed by atoms with Crippen molar-refractivity contribution in [2.45, 2.75) is 31.7 Å². The van der Waals surface area contributed by atoms with Crippen LogP contribution in [0.5, 0.6) is 0 Å². The standard InChI is InChI=1S/C6H14B2NO12P3/c1-4-2-5(19-8-9-7)6(18-4)3-17-23(13,14)21-24(15,16)20-22(10,11)12/h4-6H,2-3H2,1H3,(H,13,14)(H,15,16)(H2,10,11,12)/t4-,5+,6+/m0/s1. The van der Waals surface area contributed by atoms with Crippen LogP contribution in [0, 0.1) is 0 Å². The Morgan fingerprint density at radius 3 is 2.38 bits per heavy atom. The predicted octanol–water partition coefficient (Wildman–Crippen LogP) is -0.221. The summed E-state index contributed by atoms with van der Waals surface area (Å²) in [6.45, 7) is 1.10. The number of phosphoric acid groups is 3. The van der Waals surface area contributed by atoms with Gasteiger partial charge in [-0.05, 0) is 0 Å². The van der Waals surface area contributed by atoms with Gasteiger partial charge in [-0.25, -0.2) is 0 Å². The van der Waals surface area contributed by atoms with Crippen LogP contribution in [0.3, 0.4) is 0 Å². The first-order chi connectivity index (χ1) is 10.8. The van der Waals surface area contributed by atoms with Gasteiger partial charge in [0.15, 0.2) is 0 Å². The molecular formula is C6H14B2NO12P3. The van der Waals surface area contributed by atoms with E-state index in [1.165, 1.54) is 0 Å². The van der Waals surface area contributed by atoms with Crippen LogP contribution in [-0.2, 0) is 36.2 Å². The zero-order chi connectivity index (χ0) is 18.6. The van der Waals surface area contributed by atoms with Crippen molar-refractivity contribution in [3.8, 4) is 0 Å². The third-order valence-corrected chi connectivity index (χ3v) is 6.30. The molecule has 1 aliphatic heterocycles. The molecule has 136 valence electrons. The molecule has 18 heteroatoms. The van der Waals surface area contributed by atoms with Gasteiger partial charge in [-0.3, -0.25) is 0 Å². The van der Waals surface area contributed by atoms with Gasteiger partial charge >= 0.3 is 138 Å². The summed E-state index contributed by atoms with van der Waals surface area (Å²) in [6, 6.07) is 0. The third-order valence-electron chi connectivity index (χ3n) is 2.50. The summed E-state index contributed by atoms with van der Waals surface area (Å²) in [7, 11) is -10.4. The van der Waals surface area contributed by atoms with Crippen molar-refractivity contribution in [3.05, 3.63) is 0 Å². The summed E-state index contributed by atoms with van der Waals surface area (Å²) < 4.78 is 55.3.